The smallest absolute Gasteiger partial charge is 0.316 e. The van der Waals surface area contributed by atoms with Crippen LogP contribution in [0.15, 0.2) is 59.0 Å². The third-order valence-corrected chi connectivity index (χ3v) is 13.8. The predicted molar refractivity (Wildman–Crippen MR) is 212 cm³/mol. The first kappa shape index (κ1) is 40.5. The Morgan fingerprint density at radius 3 is 2.36 bits per heavy atom. The number of halogens is 2. The number of aromatic nitrogens is 5. The molecule has 8 bridgehead atoms. The van der Waals surface area contributed by atoms with Crippen LogP contribution in [0.5, 0.6) is 0 Å². The molecule has 2 aliphatic carbocycles. The maximum absolute atomic E-state index is 14.9. The highest BCUT2D eigenvalue weighted by Crippen LogP contribution is 2.49. The summed E-state index contributed by atoms with van der Waals surface area (Å²) in [5, 5.41) is 23.4. The summed E-state index contributed by atoms with van der Waals surface area (Å²) in [6, 6.07) is 14.6. The van der Waals surface area contributed by atoms with E-state index in [1.165, 1.54) is 9.70 Å². The minimum Gasteiger partial charge on any atom is -0.408 e. The van der Waals surface area contributed by atoms with Crippen molar-refractivity contribution in [2.75, 3.05) is 11.9 Å². The van der Waals surface area contributed by atoms with Crippen LogP contribution in [0.3, 0.4) is 0 Å². The van der Waals surface area contributed by atoms with Gasteiger partial charge < -0.3 is 20.0 Å². The monoisotopic (exact) mass is 833 g/mol. The molecule has 2 aromatic heterocycles. The van der Waals surface area contributed by atoms with Gasteiger partial charge in [-0.15, -0.1) is 5.10 Å². The summed E-state index contributed by atoms with van der Waals surface area (Å²) in [6.07, 6.45) is -0.569. The van der Waals surface area contributed by atoms with Crippen molar-refractivity contribution >= 4 is 33.8 Å². The van der Waals surface area contributed by atoms with Crippen molar-refractivity contribution < 1.29 is 36.0 Å². The highest BCUT2D eigenvalue weighted by molar-refractivity contribution is 7.91. The van der Waals surface area contributed by atoms with E-state index in [-0.39, 0.29) is 19.0 Å². The third-order valence-electron chi connectivity index (χ3n) is 12.0. The van der Waals surface area contributed by atoms with Gasteiger partial charge in [0.25, 0.3) is 5.91 Å². The average Bonchev–Trinajstić information content (AvgIpc) is 3.99. The molecule has 0 unspecified atom stereocenters. The van der Waals surface area contributed by atoms with Crippen molar-refractivity contribution in [2.45, 2.75) is 120 Å². The van der Waals surface area contributed by atoms with Crippen LogP contribution in [-0.2, 0) is 36.2 Å². The zero-order valence-corrected chi connectivity index (χ0v) is 34.4. The number of carbonyl (C=O) groups is 3. The minimum absolute atomic E-state index is 0.0138. The van der Waals surface area contributed by atoms with Gasteiger partial charge in [0.2, 0.25) is 34.2 Å². The van der Waals surface area contributed by atoms with Gasteiger partial charge in [0.05, 0.1) is 17.2 Å². The molecule has 59 heavy (non-hydrogen) atoms. The Kier molecular flexibility index (Phi) is 10.1. The average molecular weight is 834 g/mol. The fourth-order valence-corrected chi connectivity index (χ4v) is 9.55. The molecule has 4 aromatic rings. The van der Waals surface area contributed by atoms with Crippen molar-refractivity contribution in [2.24, 2.45) is 11.3 Å². The van der Waals surface area contributed by atoms with Crippen molar-refractivity contribution in [1.82, 2.24) is 40.1 Å². The molecule has 314 valence electrons. The van der Waals surface area contributed by atoms with E-state index in [4.69, 9.17) is 14.6 Å². The Morgan fingerprint density at radius 2 is 1.69 bits per heavy atom. The van der Waals surface area contributed by atoms with Gasteiger partial charge in [-0.3, -0.25) is 19.1 Å². The SMILES string of the molecule is CC1(C)CCCc2cccc(c2)-c2nn(nc2-c2ccccc2)[C@@H]2C[C@@H](C(=O)N[C@]3(C(=O)NS(=O)(=O)C4CC4)C[C@H]3C(F)F)N(C2)C(=O)[C@H](C(C)(C)C)Nc2nnc1o2. The molecule has 3 N–H and O–H groups in total. The van der Waals surface area contributed by atoms with E-state index in [1.54, 1.807) is 0 Å². The van der Waals surface area contributed by atoms with Gasteiger partial charge in [-0.25, -0.2) is 17.2 Å². The molecule has 1 saturated heterocycles. The number of sulfonamides is 1. The highest BCUT2D eigenvalue weighted by Gasteiger charge is 2.67. The number of carbonyl (C=O) groups excluding carboxylic acids is 3. The molecular formula is C41H49F2N9O6S. The van der Waals surface area contributed by atoms with Gasteiger partial charge in [-0.2, -0.15) is 15.0 Å². The van der Waals surface area contributed by atoms with E-state index < -0.39 is 86.3 Å². The number of hydrogen-bond acceptors (Lipinski definition) is 11. The van der Waals surface area contributed by atoms with Crippen LogP contribution in [0.4, 0.5) is 14.8 Å². The Bertz CT molecular complexity index is 2380. The maximum atomic E-state index is 14.9. The van der Waals surface area contributed by atoms with E-state index in [1.807, 2.05) is 81.8 Å². The Hall–Kier alpha value is -5.26. The summed E-state index contributed by atoms with van der Waals surface area (Å²) in [5.74, 6) is -3.88. The maximum Gasteiger partial charge on any atom is 0.316 e. The first-order chi connectivity index (χ1) is 27.9. The largest absolute Gasteiger partial charge is 0.408 e. The van der Waals surface area contributed by atoms with Gasteiger partial charge >= 0.3 is 6.01 Å². The summed E-state index contributed by atoms with van der Waals surface area (Å²) >= 11 is 0. The van der Waals surface area contributed by atoms with Crippen molar-refractivity contribution in [3.63, 3.8) is 0 Å². The standard InChI is InChI=1S/C41H49F2N9O6S/c1-39(2,3)32-35(54)51-22-26(20-29(51)34(53)45-41(21-28(41)33(42)43)36(55)50-59(56,57)27-16-17-27)52-48-30(24-13-7-6-8-14-24)31(49-52)25-15-9-11-23(19-25)12-10-18-40(4,5)37-46-47-38(44-32)58-37/h6-9,11,13-15,19,26-29,32-33H,10,12,16-18,20-22H2,1-5H3,(H,44,47)(H,45,53)(H,50,55)/t26-,28+,29+,32-,41-/m1/s1. The van der Waals surface area contributed by atoms with E-state index in [9.17, 15) is 31.6 Å². The van der Waals surface area contributed by atoms with Crippen LogP contribution < -0.4 is 15.4 Å². The van der Waals surface area contributed by atoms with E-state index >= 15 is 0 Å². The lowest BCUT2D eigenvalue weighted by Crippen LogP contribution is -2.59. The summed E-state index contributed by atoms with van der Waals surface area (Å²) in [5.41, 5.74) is 0.404. The molecule has 0 spiro atoms. The van der Waals surface area contributed by atoms with Gasteiger partial charge in [0, 0.05) is 29.5 Å². The lowest BCUT2D eigenvalue weighted by atomic mass is 9.85. The third kappa shape index (κ3) is 7.94. The van der Waals surface area contributed by atoms with E-state index in [2.05, 4.69) is 33.0 Å². The van der Waals surface area contributed by atoms with Crippen molar-refractivity contribution in [3.8, 4) is 22.5 Å². The van der Waals surface area contributed by atoms with Gasteiger partial charge in [-0.05, 0) is 55.6 Å². The number of benzene rings is 2. The minimum atomic E-state index is -4.12. The number of anilines is 1. The molecule has 3 amide bonds. The first-order valence-electron chi connectivity index (χ1n) is 20.0. The molecule has 18 heteroatoms. The number of hydrogen-bond donors (Lipinski definition) is 3. The molecule has 15 nitrogen and oxygen atoms in total. The molecular weight excluding hydrogens is 785 g/mol. The molecule has 2 saturated carbocycles. The van der Waals surface area contributed by atoms with Gasteiger partial charge in [0.15, 0.2) is 0 Å². The molecule has 0 radical (unpaired) electrons. The summed E-state index contributed by atoms with van der Waals surface area (Å²) < 4.78 is 62.2. The quantitative estimate of drug-likeness (QED) is 0.226. The zero-order chi connectivity index (χ0) is 42.1. The number of nitrogens with zero attached hydrogens (tertiary/aromatic N) is 6. The number of fused-ring (bicyclic) bond motifs is 10. The van der Waals surface area contributed by atoms with Gasteiger partial charge in [-0.1, -0.05) is 88.2 Å². The second-order valence-electron chi connectivity index (χ2n) is 18.1. The Labute approximate surface area is 341 Å². The second kappa shape index (κ2) is 14.8. The molecule has 5 atom stereocenters. The second-order valence-corrected chi connectivity index (χ2v) is 20.0. The lowest BCUT2D eigenvalue weighted by Gasteiger charge is -2.35. The Morgan fingerprint density at radius 1 is 1.00 bits per heavy atom. The van der Waals surface area contributed by atoms with Crippen LogP contribution in [0.2, 0.25) is 0 Å². The normalized spacial score (nSPS) is 25.7. The predicted octanol–water partition coefficient (Wildman–Crippen LogP) is 5.03. The lowest BCUT2D eigenvalue weighted by molar-refractivity contribution is -0.141. The van der Waals surface area contributed by atoms with Crippen molar-refractivity contribution in [1.29, 1.82) is 0 Å². The number of aryl methyl sites for hydroxylation is 1. The van der Waals surface area contributed by atoms with Crippen molar-refractivity contribution in [3.05, 3.63) is 66.1 Å². The molecule has 4 aliphatic rings. The highest BCUT2D eigenvalue weighted by atomic mass is 32.2. The van der Waals surface area contributed by atoms with Crippen LogP contribution in [-0.4, -0.2) is 92.1 Å². The van der Waals surface area contributed by atoms with Crippen LogP contribution in [0.25, 0.3) is 22.5 Å². The van der Waals surface area contributed by atoms with E-state index in [0.29, 0.717) is 30.1 Å². The number of amides is 3. The molecule has 2 aromatic carbocycles. The van der Waals surface area contributed by atoms with Crippen LogP contribution >= 0.6 is 0 Å². The zero-order valence-electron chi connectivity index (χ0n) is 33.6. The fourth-order valence-electron chi connectivity index (χ4n) is 8.19. The number of alkyl halides is 2. The molecule has 2 aliphatic heterocycles. The molecule has 8 rings (SSSR count). The number of nitrogens with one attached hydrogen (secondary N) is 3. The first-order valence-corrected chi connectivity index (χ1v) is 21.6. The summed E-state index contributed by atoms with van der Waals surface area (Å²) in [6.45, 7) is 9.46. The summed E-state index contributed by atoms with van der Waals surface area (Å²) in [7, 11) is -4.12. The van der Waals surface area contributed by atoms with Crippen LogP contribution in [0.1, 0.15) is 90.6 Å². The Balaban J connectivity index is 1.21. The molecule has 3 fully saturated rings. The fraction of sp³-hybridized carbons (Fsp3) is 0.537. The summed E-state index contributed by atoms with van der Waals surface area (Å²) in [4.78, 5) is 45.8. The van der Waals surface area contributed by atoms with Crippen LogP contribution in [0, 0.1) is 11.3 Å². The molecule has 4 heterocycles. The van der Waals surface area contributed by atoms with E-state index in [0.717, 1.165) is 36.0 Å². The van der Waals surface area contributed by atoms with Gasteiger partial charge in [0.1, 0.15) is 29.0 Å². The topological polar surface area (TPSA) is 194 Å². The number of rotatable bonds is 7.